The van der Waals surface area contributed by atoms with Crippen molar-refractivity contribution in [3.8, 4) is 11.3 Å². The van der Waals surface area contributed by atoms with Gasteiger partial charge in [-0.05, 0) is 41.6 Å². The van der Waals surface area contributed by atoms with Crippen molar-refractivity contribution in [3.05, 3.63) is 33.8 Å². The van der Waals surface area contributed by atoms with Gasteiger partial charge in [-0.15, -0.1) is 0 Å². The average Bonchev–Trinajstić information content (AvgIpc) is 2.79. The Bertz CT molecular complexity index is 622. The van der Waals surface area contributed by atoms with Crippen molar-refractivity contribution in [2.75, 3.05) is 12.3 Å². The molecule has 0 aliphatic rings. The molecule has 6 heteroatoms. The Morgan fingerprint density at radius 3 is 2.84 bits per heavy atom. The Kier molecular flexibility index (Phi) is 4.08. The number of aromatic nitrogens is 2. The molecule has 0 fully saturated rings. The SMILES string of the molecule is CCOC(=O)c1cc(I)c(N)c(-c2cn(C)cn2)c1. The number of rotatable bonds is 3. The summed E-state index contributed by atoms with van der Waals surface area (Å²) < 4.78 is 7.65. The van der Waals surface area contributed by atoms with E-state index in [9.17, 15) is 4.79 Å². The molecule has 0 aliphatic heterocycles. The third kappa shape index (κ3) is 2.89. The molecule has 5 nitrogen and oxygen atoms in total. The number of esters is 1. The van der Waals surface area contributed by atoms with Gasteiger partial charge in [0, 0.05) is 22.4 Å². The van der Waals surface area contributed by atoms with Crippen LogP contribution in [0, 0.1) is 3.57 Å². The van der Waals surface area contributed by atoms with Gasteiger partial charge in [-0.3, -0.25) is 0 Å². The van der Waals surface area contributed by atoms with Crippen LogP contribution in [0.25, 0.3) is 11.3 Å². The van der Waals surface area contributed by atoms with Crippen molar-refractivity contribution in [1.29, 1.82) is 0 Å². The lowest BCUT2D eigenvalue weighted by molar-refractivity contribution is 0.0526. The molecular formula is C13H14IN3O2. The lowest BCUT2D eigenvalue weighted by Gasteiger charge is -2.09. The van der Waals surface area contributed by atoms with E-state index in [1.165, 1.54) is 0 Å². The molecule has 1 heterocycles. The van der Waals surface area contributed by atoms with Crippen molar-refractivity contribution in [3.63, 3.8) is 0 Å². The van der Waals surface area contributed by atoms with E-state index in [2.05, 4.69) is 27.6 Å². The highest BCUT2D eigenvalue weighted by Gasteiger charge is 2.15. The first-order valence-electron chi connectivity index (χ1n) is 5.77. The van der Waals surface area contributed by atoms with E-state index < -0.39 is 0 Å². The Morgan fingerprint density at radius 2 is 2.26 bits per heavy atom. The Labute approximate surface area is 124 Å². The van der Waals surface area contributed by atoms with Crippen molar-refractivity contribution in [2.24, 2.45) is 7.05 Å². The van der Waals surface area contributed by atoms with Crippen LogP contribution >= 0.6 is 22.6 Å². The van der Waals surface area contributed by atoms with Gasteiger partial charge >= 0.3 is 5.97 Å². The smallest absolute Gasteiger partial charge is 0.338 e. The summed E-state index contributed by atoms with van der Waals surface area (Å²) in [5.41, 5.74) is 8.65. The van der Waals surface area contributed by atoms with Gasteiger partial charge in [0.1, 0.15) is 0 Å². The van der Waals surface area contributed by atoms with Crippen molar-refractivity contribution < 1.29 is 9.53 Å². The zero-order valence-electron chi connectivity index (χ0n) is 10.7. The van der Waals surface area contributed by atoms with Crippen LogP contribution in [0.1, 0.15) is 17.3 Å². The molecule has 1 aromatic heterocycles. The molecule has 0 spiro atoms. The van der Waals surface area contributed by atoms with Gasteiger partial charge in [0.15, 0.2) is 0 Å². The lowest BCUT2D eigenvalue weighted by Crippen LogP contribution is -2.06. The quantitative estimate of drug-likeness (QED) is 0.511. The number of anilines is 1. The largest absolute Gasteiger partial charge is 0.462 e. The zero-order chi connectivity index (χ0) is 14.0. The standard InChI is InChI=1S/C13H14IN3O2/c1-3-19-13(18)8-4-9(12(15)10(14)5-8)11-6-17(2)7-16-11/h4-7H,3,15H2,1-2H3. The number of halogens is 1. The molecule has 100 valence electrons. The number of imidazole rings is 1. The predicted molar refractivity (Wildman–Crippen MR) is 81.7 cm³/mol. The van der Waals surface area contributed by atoms with Crippen LogP contribution in [-0.2, 0) is 11.8 Å². The van der Waals surface area contributed by atoms with E-state index in [0.717, 1.165) is 14.8 Å². The van der Waals surface area contributed by atoms with E-state index in [4.69, 9.17) is 10.5 Å². The third-order valence-electron chi connectivity index (χ3n) is 2.62. The maximum absolute atomic E-state index is 11.8. The minimum atomic E-state index is -0.349. The molecule has 2 N–H and O–H groups in total. The Balaban J connectivity index is 2.51. The second-order valence-electron chi connectivity index (χ2n) is 4.06. The van der Waals surface area contributed by atoms with Gasteiger partial charge in [0.2, 0.25) is 0 Å². The summed E-state index contributed by atoms with van der Waals surface area (Å²) in [5.74, 6) is -0.349. The summed E-state index contributed by atoms with van der Waals surface area (Å²) in [7, 11) is 1.88. The van der Waals surface area contributed by atoms with Gasteiger partial charge in [0.05, 0.1) is 29.9 Å². The maximum atomic E-state index is 11.8. The van der Waals surface area contributed by atoms with Crippen LogP contribution < -0.4 is 5.73 Å². The molecule has 0 unspecified atom stereocenters. The number of carbonyl (C=O) groups excluding carboxylic acids is 1. The van der Waals surface area contributed by atoms with E-state index in [1.807, 2.05) is 17.8 Å². The lowest BCUT2D eigenvalue weighted by atomic mass is 10.1. The van der Waals surface area contributed by atoms with Crippen molar-refractivity contribution in [1.82, 2.24) is 9.55 Å². The number of nitrogens with two attached hydrogens (primary N) is 1. The molecule has 0 saturated heterocycles. The number of nitrogens with zero attached hydrogens (tertiary/aromatic N) is 2. The highest BCUT2D eigenvalue weighted by atomic mass is 127. The van der Waals surface area contributed by atoms with Crippen LogP contribution in [0.3, 0.4) is 0 Å². The fourth-order valence-corrected chi connectivity index (χ4v) is 2.34. The highest BCUT2D eigenvalue weighted by Crippen LogP contribution is 2.30. The monoisotopic (exact) mass is 371 g/mol. The molecule has 2 rings (SSSR count). The predicted octanol–water partition coefficient (Wildman–Crippen LogP) is 2.45. The summed E-state index contributed by atoms with van der Waals surface area (Å²) in [4.78, 5) is 16.1. The molecular weight excluding hydrogens is 357 g/mol. The van der Waals surface area contributed by atoms with Crippen molar-refractivity contribution in [2.45, 2.75) is 6.92 Å². The minimum Gasteiger partial charge on any atom is -0.462 e. The molecule has 0 radical (unpaired) electrons. The second-order valence-corrected chi connectivity index (χ2v) is 5.23. The van der Waals surface area contributed by atoms with Gasteiger partial charge in [-0.25, -0.2) is 9.78 Å². The number of hydrogen-bond acceptors (Lipinski definition) is 4. The summed E-state index contributed by atoms with van der Waals surface area (Å²) in [6, 6.07) is 3.44. The molecule has 0 atom stereocenters. The summed E-state index contributed by atoms with van der Waals surface area (Å²) in [5, 5.41) is 0. The Morgan fingerprint density at radius 1 is 1.53 bits per heavy atom. The fourth-order valence-electron chi connectivity index (χ4n) is 1.71. The summed E-state index contributed by atoms with van der Waals surface area (Å²) >= 11 is 2.10. The minimum absolute atomic E-state index is 0.346. The zero-order valence-corrected chi connectivity index (χ0v) is 12.8. The molecule has 1 aromatic carbocycles. The molecule has 0 bridgehead atoms. The van der Waals surface area contributed by atoms with Gasteiger partial charge in [-0.2, -0.15) is 0 Å². The molecule has 0 amide bonds. The van der Waals surface area contributed by atoms with E-state index in [1.54, 1.807) is 25.4 Å². The molecule has 0 saturated carbocycles. The first kappa shape index (κ1) is 13.9. The first-order chi connectivity index (χ1) is 9.02. The maximum Gasteiger partial charge on any atom is 0.338 e. The van der Waals surface area contributed by atoms with E-state index in [0.29, 0.717) is 17.9 Å². The molecule has 19 heavy (non-hydrogen) atoms. The highest BCUT2D eigenvalue weighted by molar-refractivity contribution is 14.1. The van der Waals surface area contributed by atoms with Gasteiger partial charge < -0.3 is 15.0 Å². The Hall–Kier alpha value is -1.57. The average molecular weight is 371 g/mol. The molecule has 2 aromatic rings. The first-order valence-corrected chi connectivity index (χ1v) is 6.85. The topological polar surface area (TPSA) is 70.1 Å². The van der Waals surface area contributed by atoms with Crippen LogP contribution in [0.5, 0.6) is 0 Å². The normalized spacial score (nSPS) is 10.5. The van der Waals surface area contributed by atoms with Crippen LogP contribution in [0.2, 0.25) is 0 Å². The number of ether oxygens (including phenoxy) is 1. The number of benzene rings is 1. The van der Waals surface area contributed by atoms with E-state index in [-0.39, 0.29) is 5.97 Å². The second kappa shape index (κ2) is 5.60. The summed E-state index contributed by atoms with van der Waals surface area (Å²) in [6.45, 7) is 2.12. The summed E-state index contributed by atoms with van der Waals surface area (Å²) in [6.07, 6.45) is 3.55. The van der Waals surface area contributed by atoms with Crippen LogP contribution in [0.15, 0.2) is 24.7 Å². The fraction of sp³-hybridized carbons (Fsp3) is 0.231. The van der Waals surface area contributed by atoms with Gasteiger partial charge in [0.25, 0.3) is 0 Å². The van der Waals surface area contributed by atoms with Gasteiger partial charge in [-0.1, -0.05) is 0 Å². The molecule has 0 aliphatic carbocycles. The van der Waals surface area contributed by atoms with Crippen LogP contribution in [0.4, 0.5) is 5.69 Å². The van der Waals surface area contributed by atoms with E-state index >= 15 is 0 Å². The number of carbonyl (C=O) groups is 1. The third-order valence-corrected chi connectivity index (χ3v) is 3.51. The number of aryl methyl sites for hydroxylation is 1. The van der Waals surface area contributed by atoms with Crippen molar-refractivity contribution >= 4 is 34.2 Å². The number of nitrogen functional groups attached to an aromatic ring is 1. The number of hydrogen-bond donors (Lipinski definition) is 1. The van der Waals surface area contributed by atoms with Crippen LogP contribution in [-0.4, -0.2) is 22.1 Å².